The lowest BCUT2D eigenvalue weighted by Crippen LogP contribution is -2.24. The number of hydrogen-bond donors (Lipinski definition) is 2. The fourth-order valence-electron chi connectivity index (χ4n) is 2.72. The van der Waals surface area contributed by atoms with Crippen LogP contribution in [0, 0.1) is 10.1 Å². The molecule has 0 radical (unpaired) electrons. The summed E-state index contributed by atoms with van der Waals surface area (Å²) in [4.78, 5) is 34.7. The summed E-state index contributed by atoms with van der Waals surface area (Å²) >= 11 is 5.78. The molecule has 0 unspecified atom stereocenters. The van der Waals surface area contributed by atoms with Gasteiger partial charge in [0.25, 0.3) is 0 Å². The molecule has 0 atom stereocenters. The Labute approximate surface area is 194 Å². The van der Waals surface area contributed by atoms with Crippen molar-refractivity contribution in [1.82, 2.24) is 5.43 Å². The molecule has 3 aromatic carbocycles. The topological polar surface area (TPSA) is 123 Å². The molecule has 2 N–H and O–H groups in total. The minimum Gasteiger partial charge on any atom is -0.482 e. The maximum atomic E-state index is 11.9. The van der Waals surface area contributed by atoms with Gasteiger partial charge < -0.3 is 10.1 Å². The first kappa shape index (κ1) is 23.4. The highest BCUT2D eigenvalue weighted by Crippen LogP contribution is 2.28. The summed E-state index contributed by atoms with van der Waals surface area (Å²) in [6.45, 7) is 0.184. The van der Waals surface area contributed by atoms with E-state index in [4.69, 9.17) is 16.3 Å². The van der Waals surface area contributed by atoms with E-state index in [0.717, 1.165) is 5.56 Å². The van der Waals surface area contributed by atoms with Gasteiger partial charge in [-0.05, 0) is 42.0 Å². The molecule has 10 heteroatoms. The zero-order valence-corrected chi connectivity index (χ0v) is 18.0. The molecule has 0 aliphatic carbocycles. The molecular formula is C23H19ClN4O5. The van der Waals surface area contributed by atoms with Crippen LogP contribution < -0.4 is 15.5 Å². The van der Waals surface area contributed by atoms with Gasteiger partial charge in [0.1, 0.15) is 13.0 Å². The molecule has 0 aromatic heterocycles. The van der Waals surface area contributed by atoms with Crippen molar-refractivity contribution >= 4 is 41.0 Å². The Morgan fingerprint density at radius 1 is 1.03 bits per heavy atom. The van der Waals surface area contributed by atoms with Gasteiger partial charge in [0.05, 0.1) is 11.1 Å². The fourth-order valence-corrected chi connectivity index (χ4v) is 2.84. The van der Waals surface area contributed by atoms with Crippen LogP contribution in [0.15, 0.2) is 77.9 Å². The second-order valence-electron chi connectivity index (χ2n) is 6.78. The van der Waals surface area contributed by atoms with E-state index >= 15 is 0 Å². The first-order chi connectivity index (χ1) is 15.9. The van der Waals surface area contributed by atoms with Crippen LogP contribution >= 0.6 is 11.6 Å². The Kier molecular flexibility index (Phi) is 8.09. The van der Waals surface area contributed by atoms with Crippen LogP contribution in [0.1, 0.15) is 17.5 Å². The number of ether oxygens (including phenoxy) is 1. The first-order valence-electron chi connectivity index (χ1n) is 9.73. The minimum atomic E-state index is -0.643. The molecule has 0 bridgehead atoms. The first-order valence-corrected chi connectivity index (χ1v) is 10.1. The van der Waals surface area contributed by atoms with Gasteiger partial charge in [0.2, 0.25) is 11.8 Å². The molecule has 0 saturated heterocycles. The Balaban J connectivity index is 1.54. The van der Waals surface area contributed by atoms with Crippen molar-refractivity contribution in [3.63, 3.8) is 0 Å². The van der Waals surface area contributed by atoms with Crippen LogP contribution in [0.4, 0.5) is 11.4 Å². The number of nitrogens with one attached hydrogen (secondary N) is 2. The molecular weight excluding hydrogens is 448 g/mol. The fraction of sp³-hybridized carbons (Fsp3) is 0.0870. The summed E-state index contributed by atoms with van der Waals surface area (Å²) < 4.78 is 5.57. The number of hydrazone groups is 1. The molecule has 168 valence electrons. The van der Waals surface area contributed by atoms with Gasteiger partial charge in [-0.2, -0.15) is 5.10 Å². The van der Waals surface area contributed by atoms with Crippen LogP contribution in [-0.4, -0.2) is 23.0 Å². The number of halogens is 1. The SMILES string of the molecule is O=C(CC(=O)Nc1ccc(Cl)cc1)NN=Cc1ccc(OCc2ccccc2)c([N+](=O)[O-])c1. The highest BCUT2D eigenvalue weighted by molar-refractivity contribution is 6.30. The zero-order valence-electron chi connectivity index (χ0n) is 17.2. The van der Waals surface area contributed by atoms with Gasteiger partial charge in [-0.15, -0.1) is 0 Å². The predicted octanol–water partition coefficient (Wildman–Crippen LogP) is 4.31. The molecule has 0 saturated carbocycles. The summed E-state index contributed by atoms with van der Waals surface area (Å²) in [6, 6.07) is 20.0. The Morgan fingerprint density at radius 3 is 2.45 bits per heavy atom. The number of rotatable bonds is 9. The van der Waals surface area contributed by atoms with Gasteiger partial charge in [-0.1, -0.05) is 41.9 Å². The Bertz CT molecular complexity index is 1170. The van der Waals surface area contributed by atoms with E-state index in [0.29, 0.717) is 16.3 Å². The number of nitro groups is 1. The standard InChI is InChI=1S/C23H19ClN4O5/c24-18-7-9-19(10-8-18)26-22(29)13-23(30)27-25-14-17-6-11-21(20(12-17)28(31)32)33-15-16-4-2-1-3-5-16/h1-12,14H,13,15H2,(H,26,29)(H,27,30). The molecule has 0 aliphatic heterocycles. The number of carbonyl (C=O) groups is 2. The van der Waals surface area contributed by atoms with E-state index in [9.17, 15) is 19.7 Å². The highest BCUT2D eigenvalue weighted by Gasteiger charge is 2.16. The summed E-state index contributed by atoms with van der Waals surface area (Å²) in [7, 11) is 0. The van der Waals surface area contributed by atoms with E-state index in [-0.39, 0.29) is 18.0 Å². The van der Waals surface area contributed by atoms with E-state index in [1.807, 2.05) is 30.3 Å². The van der Waals surface area contributed by atoms with Crippen molar-refractivity contribution in [3.05, 3.63) is 99.1 Å². The monoisotopic (exact) mass is 466 g/mol. The van der Waals surface area contributed by atoms with Crippen molar-refractivity contribution in [2.24, 2.45) is 5.10 Å². The second kappa shape index (κ2) is 11.4. The third-order valence-corrected chi connectivity index (χ3v) is 4.52. The summed E-state index contributed by atoms with van der Waals surface area (Å²) in [5, 5.41) is 18.3. The smallest absolute Gasteiger partial charge is 0.311 e. The van der Waals surface area contributed by atoms with Crippen LogP contribution in [0.3, 0.4) is 0 Å². The quantitative estimate of drug-likeness (QED) is 0.210. The molecule has 0 spiro atoms. The minimum absolute atomic E-state index is 0.115. The zero-order chi connectivity index (χ0) is 23.6. The molecule has 3 aromatic rings. The number of nitrogens with zero attached hydrogens (tertiary/aromatic N) is 2. The third-order valence-electron chi connectivity index (χ3n) is 4.27. The lowest BCUT2D eigenvalue weighted by Gasteiger charge is -2.07. The average Bonchev–Trinajstić information content (AvgIpc) is 2.80. The van der Waals surface area contributed by atoms with Gasteiger partial charge >= 0.3 is 5.69 Å². The van der Waals surface area contributed by atoms with Crippen molar-refractivity contribution in [1.29, 1.82) is 0 Å². The lowest BCUT2D eigenvalue weighted by atomic mass is 10.2. The maximum Gasteiger partial charge on any atom is 0.311 e. The van der Waals surface area contributed by atoms with Crippen molar-refractivity contribution < 1.29 is 19.2 Å². The number of amides is 2. The second-order valence-corrected chi connectivity index (χ2v) is 7.22. The van der Waals surface area contributed by atoms with Crippen molar-refractivity contribution in [2.45, 2.75) is 13.0 Å². The average molecular weight is 467 g/mol. The van der Waals surface area contributed by atoms with E-state index in [1.165, 1.54) is 18.3 Å². The van der Waals surface area contributed by atoms with Gasteiger partial charge in [-0.3, -0.25) is 19.7 Å². The normalized spacial score (nSPS) is 10.6. The third kappa shape index (κ3) is 7.44. The molecule has 2 amide bonds. The molecule has 0 heterocycles. The largest absolute Gasteiger partial charge is 0.482 e. The van der Waals surface area contributed by atoms with Crippen molar-refractivity contribution in [2.75, 3.05) is 5.32 Å². The van der Waals surface area contributed by atoms with Gasteiger partial charge in [0, 0.05) is 22.3 Å². The summed E-state index contributed by atoms with van der Waals surface area (Å²) in [5.74, 6) is -1.06. The van der Waals surface area contributed by atoms with Crippen molar-refractivity contribution in [3.8, 4) is 5.75 Å². The van der Waals surface area contributed by atoms with Crippen LogP contribution in [0.2, 0.25) is 5.02 Å². The van der Waals surface area contributed by atoms with E-state index in [2.05, 4.69) is 15.8 Å². The van der Waals surface area contributed by atoms with Crippen LogP contribution in [-0.2, 0) is 16.2 Å². The Morgan fingerprint density at radius 2 is 1.76 bits per heavy atom. The number of anilines is 1. The number of nitro benzene ring substituents is 1. The summed E-state index contributed by atoms with van der Waals surface area (Å²) in [5.41, 5.74) is 3.73. The Hall–Kier alpha value is -4.24. The molecule has 0 fully saturated rings. The maximum absolute atomic E-state index is 11.9. The number of carbonyl (C=O) groups excluding carboxylic acids is 2. The van der Waals surface area contributed by atoms with Gasteiger partial charge in [-0.25, -0.2) is 5.43 Å². The summed E-state index contributed by atoms with van der Waals surface area (Å²) in [6.07, 6.45) is 0.787. The van der Waals surface area contributed by atoms with Gasteiger partial charge in [0.15, 0.2) is 5.75 Å². The molecule has 3 rings (SSSR count). The van der Waals surface area contributed by atoms with Crippen LogP contribution in [0.25, 0.3) is 0 Å². The molecule has 33 heavy (non-hydrogen) atoms. The number of benzene rings is 3. The number of hydrogen-bond acceptors (Lipinski definition) is 6. The predicted molar refractivity (Wildman–Crippen MR) is 124 cm³/mol. The lowest BCUT2D eigenvalue weighted by molar-refractivity contribution is -0.385. The van der Waals surface area contributed by atoms with E-state index < -0.39 is 23.2 Å². The highest BCUT2D eigenvalue weighted by atomic mass is 35.5. The molecule has 9 nitrogen and oxygen atoms in total. The van der Waals surface area contributed by atoms with Crippen LogP contribution in [0.5, 0.6) is 5.75 Å². The molecule has 0 aliphatic rings. The van der Waals surface area contributed by atoms with E-state index in [1.54, 1.807) is 30.3 Å².